The Bertz CT molecular complexity index is 620. The molecule has 0 aliphatic carbocycles. The van der Waals surface area contributed by atoms with E-state index in [0.717, 1.165) is 25.9 Å². The number of nitrogens with zero attached hydrogens (tertiary/aromatic N) is 2. The lowest BCUT2D eigenvalue weighted by Gasteiger charge is -2.33. The molecule has 142 valence electrons. The van der Waals surface area contributed by atoms with Crippen LogP contribution in [0.25, 0.3) is 0 Å². The van der Waals surface area contributed by atoms with Gasteiger partial charge in [-0.05, 0) is 69.8 Å². The topological polar surface area (TPSA) is 61.9 Å². The highest BCUT2D eigenvalue weighted by Gasteiger charge is 2.25. The molecule has 0 unspecified atom stereocenters. The van der Waals surface area contributed by atoms with E-state index < -0.39 is 0 Å². The zero-order chi connectivity index (χ0) is 18.4. The molecule has 1 aromatic carbocycles. The second kappa shape index (κ2) is 9.03. The molecule has 0 radical (unpaired) electrons. The van der Waals surface area contributed by atoms with E-state index in [1.54, 1.807) is 31.2 Å². The fourth-order valence-corrected chi connectivity index (χ4v) is 3.79. The molecular formula is C20H29N3O3. The number of likely N-dealkylation sites (tertiary alicyclic amines) is 2. The first-order valence-electron chi connectivity index (χ1n) is 9.71. The molecule has 2 fully saturated rings. The molecule has 0 atom stereocenters. The van der Waals surface area contributed by atoms with Crippen molar-refractivity contribution in [1.82, 2.24) is 9.80 Å². The van der Waals surface area contributed by atoms with E-state index in [2.05, 4.69) is 10.2 Å². The molecule has 0 bridgehead atoms. The van der Waals surface area contributed by atoms with Crippen LogP contribution in [0.1, 0.15) is 43.0 Å². The number of hydrogen-bond donors (Lipinski definition) is 1. The van der Waals surface area contributed by atoms with E-state index in [9.17, 15) is 9.59 Å². The molecule has 2 saturated heterocycles. The molecule has 3 rings (SSSR count). The number of hydrogen-bond acceptors (Lipinski definition) is 4. The number of esters is 1. The first-order valence-corrected chi connectivity index (χ1v) is 9.71. The lowest BCUT2D eigenvalue weighted by atomic mass is 9.96. The summed E-state index contributed by atoms with van der Waals surface area (Å²) in [6.45, 7) is 7.34. The Balaban J connectivity index is 1.48. The van der Waals surface area contributed by atoms with E-state index in [4.69, 9.17) is 4.74 Å². The second-order valence-electron chi connectivity index (χ2n) is 7.17. The minimum atomic E-state index is -0.369. The molecule has 0 saturated carbocycles. The van der Waals surface area contributed by atoms with Gasteiger partial charge in [0.15, 0.2) is 0 Å². The summed E-state index contributed by atoms with van der Waals surface area (Å²) in [6.07, 6.45) is 4.78. The number of ether oxygens (including phenoxy) is 1. The smallest absolute Gasteiger partial charge is 0.338 e. The van der Waals surface area contributed by atoms with Crippen LogP contribution >= 0.6 is 0 Å². The second-order valence-corrected chi connectivity index (χ2v) is 7.17. The molecule has 2 amide bonds. The van der Waals surface area contributed by atoms with Gasteiger partial charge in [-0.1, -0.05) is 6.07 Å². The Labute approximate surface area is 155 Å². The predicted octanol–water partition coefficient (Wildman–Crippen LogP) is 3.20. The largest absolute Gasteiger partial charge is 0.462 e. The first kappa shape index (κ1) is 18.7. The van der Waals surface area contributed by atoms with Crippen LogP contribution in [0.3, 0.4) is 0 Å². The van der Waals surface area contributed by atoms with E-state index in [1.807, 2.05) is 4.90 Å². The van der Waals surface area contributed by atoms with Gasteiger partial charge in [-0.2, -0.15) is 0 Å². The maximum Gasteiger partial charge on any atom is 0.338 e. The van der Waals surface area contributed by atoms with Crippen LogP contribution in [0.5, 0.6) is 0 Å². The maximum absolute atomic E-state index is 12.5. The van der Waals surface area contributed by atoms with Crippen molar-refractivity contribution >= 4 is 17.7 Å². The van der Waals surface area contributed by atoms with E-state index in [1.165, 1.54) is 32.5 Å². The quantitative estimate of drug-likeness (QED) is 0.820. The number of nitrogens with one attached hydrogen (secondary N) is 1. The highest BCUT2D eigenvalue weighted by Crippen LogP contribution is 2.21. The Morgan fingerprint density at radius 2 is 1.88 bits per heavy atom. The summed E-state index contributed by atoms with van der Waals surface area (Å²) in [7, 11) is 0. The molecule has 6 heteroatoms. The number of carbonyl (C=O) groups is 2. The van der Waals surface area contributed by atoms with Crippen molar-refractivity contribution in [3.05, 3.63) is 29.8 Å². The Kier molecular flexibility index (Phi) is 6.50. The van der Waals surface area contributed by atoms with E-state index in [-0.39, 0.29) is 12.0 Å². The molecule has 0 spiro atoms. The van der Waals surface area contributed by atoms with Gasteiger partial charge in [0.05, 0.1) is 12.2 Å². The molecule has 26 heavy (non-hydrogen) atoms. The van der Waals surface area contributed by atoms with Gasteiger partial charge in [0.25, 0.3) is 0 Å². The fourth-order valence-electron chi connectivity index (χ4n) is 3.79. The lowest BCUT2D eigenvalue weighted by Crippen LogP contribution is -2.43. The van der Waals surface area contributed by atoms with Gasteiger partial charge in [-0.3, -0.25) is 0 Å². The van der Waals surface area contributed by atoms with Gasteiger partial charge >= 0.3 is 12.0 Å². The van der Waals surface area contributed by atoms with Crippen molar-refractivity contribution in [3.8, 4) is 0 Å². The van der Waals surface area contributed by atoms with Gasteiger partial charge in [0.2, 0.25) is 0 Å². The zero-order valence-corrected chi connectivity index (χ0v) is 15.6. The van der Waals surface area contributed by atoms with Crippen LogP contribution in [0, 0.1) is 5.92 Å². The maximum atomic E-state index is 12.5. The van der Waals surface area contributed by atoms with Gasteiger partial charge in [0, 0.05) is 25.3 Å². The average Bonchev–Trinajstić information content (AvgIpc) is 3.16. The number of piperidine rings is 1. The number of rotatable bonds is 5. The van der Waals surface area contributed by atoms with Crippen molar-refractivity contribution in [1.29, 1.82) is 0 Å². The van der Waals surface area contributed by atoms with Crippen molar-refractivity contribution < 1.29 is 14.3 Å². The van der Waals surface area contributed by atoms with Crippen LogP contribution in [-0.2, 0) is 4.74 Å². The highest BCUT2D eigenvalue weighted by molar-refractivity contribution is 5.94. The van der Waals surface area contributed by atoms with Crippen molar-refractivity contribution in [3.63, 3.8) is 0 Å². The summed E-state index contributed by atoms with van der Waals surface area (Å²) in [6, 6.07) is 6.81. The molecular weight excluding hydrogens is 330 g/mol. The molecule has 1 aromatic rings. The predicted molar refractivity (Wildman–Crippen MR) is 101 cm³/mol. The number of amides is 2. The summed E-state index contributed by atoms with van der Waals surface area (Å²) in [4.78, 5) is 28.8. The van der Waals surface area contributed by atoms with Crippen LogP contribution in [0.15, 0.2) is 24.3 Å². The van der Waals surface area contributed by atoms with Crippen molar-refractivity contribution in [2.75, 3.05) is 44.6 Å². The third-order valence-corrected chi connectivity index (χ3v) is 5.24. The fraction of sp³-hybridized carbons (Fsp3) is 0.600. The van der Waals surface area contributed by atoms with E-state index in [0.29, 0.717) is 23.8 Å². The van der Waals surface area contributed by atoms with Crippen molar-refractivity contribution in [2.24, 2.45) is 5.92 Å². The minimum absolute atomic E-state index is 0.0920. The summed E-state index contributed by atoms with van der Waals surface area (Å²) in [5.74, 6) is 0.329. The zero-order valence-electron chi connectivity index (χ0n) is 15.6. The van der Waals surface area contributed by atoms with Crippen LogP contribution in [-0.4, -0.2) is 61.1 Å². The van der Waals surface area contributed by atoms with Gasteiger partial charge in [0.1, 0.15) is 0 Å². The van der Waals surface area contributed by atoms with Gasteiger partial charge in [-0.15, -0.1) is 0 Å². The highest BCUT2D eigenvalue weighted by atomic mass is 16.5. The Morgan fingerprint density at radius 1 is 1.15 bits per heavy atom. The third kappa shape index (κ3) is 4.97. The Morgan fingerprint density at radius 3 is 2.58 bits per heavy atom. The number of anilines is 1. The molecule has 0 aromatic heterocycles. The SMILES string of the molecule is CCOC(=O)c1cccc(NC(=O)N2CCC(CN3CCCC3)CC2)c1. The number of urea groups is 1. The van der Waals surface area contributed by atoms with Crippen LogP contribution < -0.4 is 5.32 Å². The first-order chi connectivity index (χ1) is 12.7. The molecule has 6 nitrogen and oxygen atoms in total. The van der Waals surface area contributed by atoms with Gasteiger partial charge < -0.3 is 19.9 Å². The molecule has 2 aliphatic heterocycles. The molecule has 2 aliphatic rings. The van der Waals surface area contributed by atoms with Crippen LogP contribution in [0.2, 0.25) is 0 Å². The number of carbonyl (C=O) groups excluding carboxylic acids is 2. The van der Waals surface area contributed by atoms with Gasteiger partial charge in [-0.25, -0.2) is 9.59 Å². The summed E-state index contributed by atoms with van der Waals surface area (Å²) in [5, 5.41) is 2.91. The summed E-state index contributed by atoms with van der Waals surface area (Å²) in [5.41, 5.74) is 1.08. The minimum Gasteiger partial charge on any atom is -0.462 e. The normalized spacial score (nSPS) is 18.7. The summed E-state index contributed by atoms with van der Waals surface area (Å²) >= 11 is 0. The Hall–Kier alpha value is -2.08. The lowest BCUT2D eigenvalue weighted by molar-refractivity contribution is 0.0526. The molecule has 1 N–H and O–H groups in total. The summed E-state index contributed by atoms with van der Waals surface area (Å²) < 4.78 is 5.00. The van der Waals surface area contributed by atoms with Crippen LogP contribution in [0.4, 0.5) is 10.5 Å². The monoisotopic (exact) mass is 359 g/mol. The van der Waals surface area contributed by atoms with Crippen molar-refractivity contribution in [2.45, 2.75) is 32.6 Å². The molecule has 2 heterocycles. The standard InChI is InChI=1S/C20H29N3O3/c1-2-26-19(24)17-6-5-7-18(14-17)21-20(25)23-12-8-16(9-13-23)15-22-10-3-4-11-22/h5-7,14,16H,2-4,8-13,15H2,1H3,(H,21,25). The average molecular weight is 359 g/mol. The number of benzene rings is 1. The third-order valence-electron chi connectivity index (χ3n) is 5.24. The van der Waals surface area contributed by atoms with E-state index >= 15 is 0 Å².